The molecular weight excluding hydrogens is 228 g/mol. The molecule has 1 saturated carbocycles. The van der Waals surface area contributed by atoms with Crippen LogP contribution in [0.3, 0.4) is 0 Å². The van der Waals surface area contributed by atoms with Crippen molar-refractivity contribution in [1.82, 2.24) is 0 Å². The molecule has 2 aliphatic rings. The van der Waals surface area contributed by atoms with Crippen molar-refractivity contribution in [2.24, 2.45) is 5.41 Å². The highest BCUT2D eigenvalue weighted by atomic mass is 16.7. The van der Waals surface area contributed by atoms with Crippen LogP contribution in [0.2, 0.25) is 0 Å². The van der Waals surface area contributed by atoms with Gasteiger partial charge < -0.3 is 14.6 Å². The first-order chi connectivity index (χ1) is 8.39. The summed E-state index contributed by atoms with van der Waals surface area (Å²) < 4.78 is 11.3. The van der Waals surface area contributed by atoms with Crippen LogP contribution in [0.5, 0.6) is 0 Å². The summed E-state index contributed by atoms with van der Waals surface area (Å²) in [5.74, 6) is 5.88. The molecule has 3 nitrogen and oxygen atoms in total. The van der Waals surface area contributed by atoms with Gasteiger partial charge in [0.15, 0.2) is 5.79 Å². The molecular formula is C15H24O3. The van der Waals surface area contributed by atoms with Gasteiger partial charge >= 0.3 is 0 Å². The number of ether oxygens (including phenoxy) is 2. The third kappa shape index (κ3) is 3.06. The van der Waals surface area contributed by atoms with Crippen molar-refractivity contribution in [2.75, 3.05) is 13.2 Å². The summed E-state index contributed by atoms with van der Waals surface area (Å²) in [5, 5.41) is 10.5. The van der Waals surface area contributed by atoms with E-state index in [2.05, 4.69) is 32.6 Å². The Balaban J connectivity index is 1.99. The molecule has 2 rings (SSSR count). The van der Waals surface area contributed by atoms with E-state index < -0.39 is 11.4 Å². The van der Waals surface area contributed by atoms with Gasteiger partial charge in [-0.25, -0.2) is 0 Å². The Morgan fingerprint density at radius 2 is 1.67 bits per heavy atom. The molecule has 102 valence electrons. The van der Waals surface area contributed by atoms with Gasteiger partial charge in [0.05, 0.1) is 13.2 Å². The minimum absolute atomic E-state index is 0.0226. The van der Waals surface area contributed by atoms with Crippen molar-refractivity contribution in [3.8, 4) is 11.8 Å². The van der Waals surface area contributed by atoms with E-state index in [-0.39, 0.29) is 5.41 Å². The lowest BCUT2D eigenvalue weighted by Gasteiger charge is -2.38. The number of hydrogen-bond acceptors (Lipinski definition) is 3. The van der Waals surface area contributed by atoms with Crippen LogP contribution < -0.4 is 0 Å². The van der Waals surface area contributed by atoms with Crippen molar-refractivity contribution in [1.29, 1.82) is 0 Å². The number of aliphatic hydroxyl groups is 1. The third-order valence-electron chi connectivity index (χ3n) is 4.17. The quantitative estimate of drug-likeness (QED) is 0.729. The van der Waals surface area contributed by atoms with E-state index in [1.54, 1.807) is 0 Å². The lowest BCUT2D eigenvalue weighted by atomic mass is 9.80. The zero-order valence-electron chi connectivity index (χ0n) is 11.7. The molecule has 3 heteroatoms. The van der Waals surface area contributed by atoms with Crippen LogP contribution in [0.1, 0.15) is 52.9 Å². The van der Waals surface area contributed by atoms with Gasteiger partial charge in [-0.1, -0.05) is 18.8 Å². The Bertz CT molecular complexity index is 346. The maximum atomic E-state index is 10.5. The minimum Gasteiger partial charge on any atom is -0.378 e. The summed E-state index contributed by atoms with van der Waals surface area (Å²) in [6.07, 6.45) is 3.75. The van der Waals surface area contributed by atoms with Gasteiger partial charge in [0.2, 0.25) is 0 Å². The summed E-state index contributed by atoms with van der Waals surface area (Å²) in [4.78, 5) is 0. The molecule has 0 aromatic heterocycles. The van der Waals surface area contributed by atoms with E-state index in [4.69, 9.17) is 9.47 Å². The maximum Gasteiger partial charge on any atom is 0.168 e. The zero-order chi connectivity index (χ0) is 13.3. The molecule has 0 radical (unpaired) electrons. The van der Waals surface area contributed by atoms with Crippen LogP contribution in [0.4, 0.5) is 0 Å². The first-order valence-corrected chi connectivity index (χ1v) is 6.93. The fourth-order valence-corrected chi connectivity index (χ4v) is 2.33. The van der Waals surface area contributed by atoms with Crippen LogP contribution in [0, 0.1) is 17.3 Å². The molecule has 1 aliphatic heterocycles. The SMILES string of the molecule is CCC(C)(C)C#CC1(O)CCC2(CC1)OCCO2. The van der Waals surface area contributed by atoms with Crippen LogP contribution in [-0.4, -0.2) is 29.7 Å². The van der Waals surface area contributed by atoms with Crippen molar-refractivity contribution >= 4 is 0 Å². The van der Waals surface area contributed by atoms with Crippen LogP contribution >= 0.6 is 0 Å². The molecule has 0 atom stereocenters. The van der Waals surface area contributed by atoms with Gasteiger partial charge in [0.1, 0.15) is 5.60 Å². The smallest absolute Gasteiger partial charge is 0.168 e. The Kier molecular flexibility index (Phi) is 3.73. The summed E-state index contributed by atoms with van der Waals surface area (Å²) in [6, 6.07) is 0. The molecule has 0 aromatic rings. The topological polar surface area (TPSA) is 38.7 Å². The highest BCUT2D eigenvalue weighted by Crippen LogP contribution is 2.40. The molecule has 0 unspecified atom stereocenters. The molecule has 0 amide bonds. The lowest BCUT2D eigenvalue weighted by Crippen LogP contribution is -2.43. The van der Waals surface area contributed by atoms with Gasteiger partial charge in [-0.2, -0.15) is 0 Å². The van der Waals surface area contributed by atoms with Crippen molar-refractivity contribution in [2.45, 2.75) is 64.3 Å². The van der Waals surface area contributed by atoms with E-state index in [0.717, 1.165) is 19.3 Å². The average molecular weight is 252 g/mol. The normalized spacial score (nSPS) is 25.8. The Morgan fingerprint density at radius 1 is 1.11 bits per heavy atom. The fourth-order valence-electron chi connectivity index (χ4n) is 2.33. The number of rotatable bonds is 1. The first kappa shape index (κ1) is 13.9. The summed E-state index contributed by atoms with van der Waals surface area (Å²) in [5.41, 5.74) is -0.877. The zero-order valence-corrected chi connectivity index (χ0v) is 11.7. The predicted molar refractivity (Wildman–Crippen MR) is 69.9 cm³/mol. The van der Waals surface area contributed by atoms with Crippen LogP contribution in [0.25, 0.3) is 0 Å². The average Bonchev–Trinajstić information content (AvgIpc) is 2.81. The molecule has 1 spiro atoms. The van der Waals surface area contributed by atoms with E-state index in [9.17, 15) is 5.11 Å². The minimum atomic E-state index is -0.854. The van der Waals surface area contributed by atoms with Crippen LogP contribution in [0.15, 0.2) is 0 Å². The van der Waals surface area contributed by atoms with Crippen molar-refractivity contribution in [3.63, 3.8) is 0 Å². The number of hydrogen-bond donors (Lipinski definition) is 1. The second kappa shape index (κ2) is 4.85. The van der Waals surface area contributed by atoms with Crippen molar-refractivity contribution in [3.05, 3.63) is 0 Å². The largest absolute Gasteiger partial charge is 0.378 e. The highest BCUT2D eigenvalue weighted by molar-refractivity contribution is 5.19. The monoisotopic (exact) mass is 252 g/mol. The molecule has 1 saturated heterocycles. The maximum absolute atomic E-state index is 10.5. The Hall–Kier alpha value is -0.560. The second-order valence-electron chi connectivity index (χ2n) is 6.13. The Labute approximate surface area is 110 Å². The molecule has 0 bridgehead atoms. The molecule has 1 heterocycles. The second-order valence-corrected chi connectivity index (χ2v) is 6.13. The van der Waals surface area contributed by atoms with Crippen LogP contribution in [-0.2, 0) is 9.47 Å². The predicted octanol–water partition coefficient (Wildman–Crippen LogP) is 2.47. The summed E-state index contributed by atoms with van der Waals surface area (Å²) >= 11 is 0. The molecule has 1 N–H and O–H groups in total. The van der Waals surface area contributed by atoms with E-state index in [0.29, 0.717) is 26.1 Å². The highest BCUT2D eigenvalue weighted by Gasteiger charge is 2.45. The van der Waals surface area contributed by atoms with Crippen molar-refractivity contribution < 1.29 is 14.6 Å². The van der Waals surface area contributed by atoms with E-state index in [1.165, 1.54) is 0 Å². The molecule has 18 heavy (non-hydrogen) atoms. The Morgan fingerprint density at radius 3 is 2.17 bits per heavy atom. The molecule has 0 aromatic carbocycles. The fraction of sp³-hybridized carbons (Fsp3) is 0.867. The first-order valence-electron chi connectivity index (χ1n) is 6.93. The van der Waals surface area contributed by atoms with Gasteiger partial charge in [-0.05, 0) is 33.1 Å². The van der Waals surface area contributed by atoms with Gasteiger partial charge in [0.25, 0.3) is 0 Å². The van der Waals surface area contributed by atoms with E-state index in [1.807, 2.05) is 0 Å². The van der Waals surface area contributed by atoms with E-state index >= 15 is 0 Å². The summed E-state index contributed by atoms with van der Waals surface area (Å²) in [6.45, 7) is 7.68. The third-order valence-corrected chi connectivity index (χ3v) is 4.17. The molecule has 2 fully saturated rings. The molecule has 1 aliphatic carbocycles. The standard InChI is InChI=1S/C15H24O3/c1-4-13(2,3)5-6-14(16)7-9-15(10-8-14)17-11-12-18-15/h16H,4,7-12H2,1-3H3. The van der Waals surface area contributed by atoms with Gasteiger partial charge in [-0.15, -0.1) is 0 Å². The van der Waals surface area contributed by atoms with Gasteiger partial charge in [0, 0.05) is 18.3 Å². The van der Waals surface area contributed by atoms with Gasteiger partial charge in [-0.3, -0.25) is 0 Å². The lowest BCUT2D eigenvalue weighted by molar-refractivity contribution is -0.195. The summed E-state index contributed by atoms with van der Waals surface area (Å²) in [7, 11) is 0.